The summed E-state index contributed by atoms with van der Waals surface area (Å²) in [6.07, 6.45) is 13.4. The Bertz CT molecular complexity index is 677. The molecule has 0 spiro atoms. The van der Waals surface area contributed by atoms with E-state index in [-0.39, 0.29) is 28.6 Å². The van der Waals surface area contributed by atoms with Gasteiger partial charge in [0, 0.05) is 22.7 Å². The number of carbonyl (C=O) groups excluding carboxylic acids is 3. The molecule has 0 unspecified atom stereocenters. The first-order valence-electron chi connectivity index (χ1n) is 11.0. The highest BCUT2D eigenvalue weighted by Crippen LogP contribution is 2.29. The zero-order chi connectivity index (χ0) is 21.2. The Morgan fingerprint density at radius 2 is 1.34 bits per heavy atom. The largest absolute Gasteiger partial charge is 0.366 e. The lowest BCUT2D eigenvalue weighted by Gasteiger charge is -2.29. The molecule has 6 heteroatoms. The smallest absolute Gasteiger partial charge is 0.251 e. The zero-order valence-electron chi connectivity index (χ0n) is 17.5. The van der Waals surface area contributed by atoms with E-state index < -0.39 is 11.8 Å². The van der Waals surface area contributed by atoms with Crippen molar-refractivity contribution < 1.29 is 14.4 Å². The van der Waals surface area contributed by atoms with Crippen LogP contribution in [0.2, 0.25) is 0 Å². The van der Waals surface area contributed by atoms with Crippen LogP contribution in [0.25, 0.3) is 0 Å². The average molecular weight is 402 g/mol. The van der Waals surface area contributed by atoms with Gasteiger partial charge in [-0.15, -0.1) is 0 Å². The van der Waals surface area contributed by atoms with Crippen molar-refractivity contribution in [1.29, 1.82) is 0 Å². The second-order valence-electron chi connectivity index (χ2n) is 8.28. The Morgan fingerprint density at radius 1 is 0.828 bits per heavy atom. The van der Waals surface area contributed by atoms with E-state index in [1.807, 2.05) is 0 Å². The normalized spacial score (nSPS) is 18.9. The quantitative estimate of drug-likeness (QED) is 0.488. The molecule has 0 heterocycles. The fraction of sp³-hybridized carbons (Fsp3) is 0.609. The summed E-state index contributed by atoms with van der Waals surface area (Å²) in [6.45, 7) is 2.24. The van der Waals surface area contributed by atoms with E-state index in [0.717, 1.165) is 31.6 Å². The third-order valence-corrected chi connectivity index (χ3v) is 5.91. The van der Waals surface area contributed by atoms with E-state index in [1.54, 1.807) is 0 Å². The predicted octanol–water partition coefficient (Wildman–Crippen LogP) is 3.92. The Kier molecular flexibility index (Phi) is 9.16. The molecule has 3 amide bonds. The molecule has 1 fully saturated rings. The number of amides is 3. The Morgan fingerprint density at radius 3 is 1.90 bits per heavy atom. The molecule has 0 aliphatic heterocycles. The van der Waals surface area contributed by atoms with Crippen LogP contribution >= 0.6 is 0 Å². The topological polar surface area (TPSA) is 115 Å². The number of carbonyl (C=O) groups is 3. The highest BCUT2D eigenvalue weighted by atomic mass is 16.2. The number of nitrogens with two attached hydrogens (primary N) is 2. The number of nitrogens with one attached hydrogen (secondary N) is 1. The van der Waals surface area contributed by atoms with Crippen LogP contribution in [0.3, 0.4) is 0 Å². The third-order valence-electron chi connectivity index (χ3n) is 5.91. The Balaban J connectivity index is 1.81. The maximum absolute atomic E-state index is 12.6. The van der Waals surface area contributed by atoms with Gasteiger partial charge in [-0.3, -0.25) is 14.4 Å². The lowest BCUT2D eigenvalue weighted by Crippen LogP contribution is -2.37. The number of hydrogen-bond acceptors (Lipinski definition) is 3. The molecule has 0 bridgehead atoms. The first-order valence-corrected chi connectivity index (χ1v) is 11.0. The fourth-order valence-corrected chi connectivity index (χ4v) is 4.12. The highest BCUT2D eigenvalue weighted by Gasteiger charge is 2.23. The van der Waals surface area contributed by atoms with Crippen molar-refractivity contribution in [3.05, 3.63) is 34.9 Å². The molecule has 2 rings (SSSR count). The minimum absolute atomic E-state index is 0.106. The molecule has 0 radical (unpaired) electrons. The van der Waals surface area contributed by atoms with Crippen LogP contribution in [0, 0.1) is 5.92 Å². The summed E-state index contributed by atoms with van der Waals surface area (Å²) in [5.74, 6) is -0.932. The van der Waals surface area contributed by atoms with Crippen molar-refractivity contribution >= 4 is 17.7 Å². The molecule has 0 aromatic heterocycles. The molecular formula is C23H35N3O3. The Hall–Kier alpha value is -2.37. The number of benzene rings is 1. The van der Waals surface area contributed by atoms with E-state index in [0.29, 0.717) is 0 Å². The van der Waals surface area contributed by atoms with Gasteiger partial charge in [0.15, 0.2) is 0 Å². The van der Waals surface area contributed by atoms with Crippen LogP contribution in [-0.4, -0.2) is 23.8 Å². The fourth-order valence-electron chi connectivity index (χ4n) is 4.12. The summed E-state index contributed by atoms with van der Waals surface area (Å²) < 4.78 is 0. The molecule has 0 saturated heterocycles. The van der Waals surface area contributed by atoms with Gasteiger partial charge in [0.25, 0.3) is 5.91 Å². The van der Waals surface area contributed by atoms with Crippen LogP contribution in [0.4, 0.5) is 0 Å². The molecule has 1 aromatic rings. The van der Waals surface area contributed by atoms with Crippen LogP contribution in [0.5, 0.6) is 0 Å². The predicted molar refractivity (Wildman–Crippen MR) is 115 cm³/mol. The molecule has 1 aromatic carbocycles. The van der Waals surface area contributed by atoms with Crippen LogP contribution in [0.1, 0.15) is 109 Å². The van der Waals surface area contributed by atoms with Gasteiger partial charge in [-0.1, -0.05) is 51.9 Å². The highest BCUT2D eigenvalue weighted by molar-refractivity contribution is 6.03. The number of unbranched alkanes of at least 4 members (excludes halogenated alkanes) is 5. The summed E-state index contributed by atoms with van der Waals surface area (Å²) in [5, 5.41) is 3.04. The van der Waals surface area contributed by atoms with Gasteiger partial charge in [0.2, 0.25) is 11.8 Å². The van der Waals surface area contributed by atoms with E-state index in [2.05, 4.69) is 12.2 Å². The number of primary amides is 2. The van der Waals surface area contributed by atoms with Gasteiger partial charge in [-0.05, 0) is 49.8 Å². The van der Waals surface area contributed by atoms with Crippen molar-refractivity contribution in [2.75, 3.05) is 0 Å². The molecule has 5 N–H and O–H groups in total. The summed E-state index contributed by atoms with van der Waals surface area (Å²) >= 11 is 0. The lowest BCUT2D eigenvalue weighted by molar-refractivity contribution is 0.0921. The monoisotopic (exact) mass is 401 g/mol. The molecule has 29 heavy (non-hydrogen) atoms. The molecular weight excluding hydrogens is 366 g/mol. The van der Waals surface area contributed by atoms with Crippen LogP contribution < -0.4 is 16.8 Å². The zero-order valence-corrected chi connectivity index (χ0v) is 17.5. The van der Waals surface area contributed by atoms with Crippen molar-refractivity contribution in [3.63, 3.8) is 0 Å². The minimum Gasteiger partial charge on any atom is -0.366 e. The SMILES string of the molecule is CCCCCCCCC1CCC(NC(=O)c2cc(C(N)=O)cc(C(N)=O)c2)CC1. The summed E-state index contributed by atoms with van der Waals surface area (Å²) in [7, 11) is 0. The van der Waals surface area contributed by atoms with E-state index in [1.165, 1.54) is 63.1 Å². The molecule has 160 valence electrons. The maximum atomic E-state index is 12.6. The second-order valence-corrected chi connectivity index (χ2v) is 8.28. The van der Waals surface area contributed by atoms with Crippen molar-refractivity contribution in [2.24, 2.45) is 17.4 Å². The lowest BCUT2D eigenvalue weighted by atomic mass is 9.83. The minimum atomic E-state index is -0.697. The number of hydrogen-bond donors (Lipinski definition) is 3. The van der Waals surface area contributed by atoms with E-state index in [4.69, 9.17) is 11.5 Å². The van der Waals surface area contributed by atoms with Gasteiger partial charge < -0.3 is 16.8 Å². The Labute approximate surface area is 173 Å². The van der Waals surface area contributed by atoms with Gasteiger partial charge in [0.1, 0.15) is 0 Å². The van der Waals surface area contributed by atoms with Gasteiger partial charge in [-0.2, -0.15) is 0 Å². The molecule has 1 saturated carbocycles. The summed E-state index contributed by atoms with van der Waals surface area (Å²) in [6, 6.07) is 4.26. The van der Waals surface area contributed by atoms with Gasteiger partial charge >= 0.3 is 0 Å². The van der Waals surface area contributed by atoms with E-state index in [9.17, 15) is 14.4 Å². The van der Waals surface area contributed by atoms with Crippen molar-refractivity contribution in [3.8, 4) is 0 Å². The average Bonchev–Trinajstić information content (AvgIpc) is 2.71. The second kappa shape index (κ2) is 11.6. The van der Waals surface area contributed by atoms with Crippen LogP contribution in [0.15, 0.2) is 18.2 Å². The maximum Gasteiger partial charge on any atom is 0.251 e. The molecule has 0 atom stereocenters. The summed E-state index contributed by atoms with van der Waals surface area (Å²) in [5.41, 5.74) is 11.1. The first-order chi connectivity index (χ1) is 13.9. The first kappa shape index (κ1) is 22.9. The van der Waals surface area contributed by atoms with Crippen LogP contribution in [-0.2, 0) is 0 Å². The van der Waals surface area contributed by atoms with Gasteiger partial charge in [-0.25, -0.2) is 0 Å². The molecule has 6 nitrogen and oxygen atoms in total. The third kappa shape index (κ3) is 7.52. The molecule has 1 aliphatic rings. The van der Waals surface area contributed by atoms with Gasteiger partial charge in [0.05, 0.1) is 0 Å². The van der Waals surface area contributed by atoms with Crippen molar-refractivity contribution in [2.45, 2.75) is 83.6 Å². The summed E-state index contributed by atoms with van der Waals surface area (Å²) in [4.78, 5) is 35.6. The van der Waals surface area contributed by atoms with Crippen molar-refractivity contribution in [1.82, 2.24) is 5.32 Å². The number of rotatable bonds is 11. The van der Waals surface area contributed by atoms with E-state index >= 15 is 0 Å². The molecule has 1 aliphatic carbocycles. The standard InChI is InChI=1S/C23H35N3O3/c1-2-3-4-5-6-7-8-16-9-11-20(12-10-16)26-23(29)19-14-17(21(24)27)13-18(15-19)22(25)28/h13-16,20H,2-12H2,1H3,(H2,24,27)(H2,25,28)(H,26,29).